The highest BCUT2D eigenvalue weighted by Gasteiger charge is 2.60. The number of hydrogen-bond acceptors (Lipinski definition) is 18. The number of carboxylic acids is 1. The summed E-state index contributed by atoms with van der Waals surface area (Å²) in [6.07, 6.45) is -20.3. The van der Waals surface area contributed by atoms with Crippen molar-refractivity contribution < 1.29 is 94.2 Å². The third kappa shape index (κ3) is 10.7. The van der Waals surface area contributed by atoms with Gasteiger partial charge in [0.05, 0.1) is 32.0 Å². The first kappa shape index (κ1) is 43.7. The minimum atomic E-state index is -2.96. The Hall–Kier alpha value is -1.70. The molecule has 3 saturated heterocycles. The molecule has 0 saturated carbocycles. The van der Waals surface area contributed by atoms with Gasteiger partial charge in [-0.1, -0.05) is 39.0 Å². The van der Waals surface area contributed by atoms with Crippen LogP contribution >= 0.6 is 0 Å². The smallest absolute Gasteiger partial charge is 0.364 e. The minimum Gasteiger partial charge on any atom is -0.477 e. The highest BCUT2D eigenvalue weighted by atomic mass is 16.8. The van der Waals surface area contributed by atoms with Gasteiger partial charge in [0.2, 0.25) is 5.91 Å². The number of carbonyl (C=O) groups excluding carboxylic acids is 1. The summed E-state index contributed by atoms with van der Waals surface area (Å²) in [7, 11) is 0. The summed E-state index contributed by atoms with van der Waals surface area (Å²) in [5.74, 6) is -5.62. The fraction of sp³-hybridized carbons (Fsp3) is 0.935. The molecule has 3 fully saturated rings. The second-order valence-electron chi connectivity index (χ2n) is 13.1. The lowest BCUT2D eigenvalue weighted by molar-refractivity contribution is -0.385. The van der Waals surface area contributed by atoms with Gasteiger partial charge in [-0.3, -0.25) is 4.79 Å². The number of aliphatic hydroxyl groups is 10. The Bertz CT molecular complexity index is 1070. The first-order valence-corrected chi connectivity index (χ1v) is 17.2. The first-order chi connectivity index (χ1) is 24.2. The van der Waals surface area contributed by atoms with E-state index in [4.69, 9.17) is 28.4 Å². The molecular formula is C31H55NO19. The van der Waals surface area contributed by atoms with Crippen molar-refractivity contribution in [1.29, 1.82) is 0 Å². The predicted octanol–water partition coefficient (Wildman–Crippen LogP) is -4.84. The van der Waals surface area contributed by atoms with Gasteiger partial charge in [-0.15, -0.1) is 0 Å². The Kier molecular flexibility index (Phi) is 17.2. The summed E-state index contributed by atoms with van der Waals surface area (Å²) in [6, 6.07) is -1.51. The van der Waals surface area contributed by atoms with Crippen molar-refractivity contribution in [2.75, 3.05) is 26.4 Å². The molecule has 3 heterocycles. The van der Waals surface area contributed by atoms with E-state index in [2.05, 4.69) is 12.2 Å². The summed E-state index contributed by atoms with van der Waals surface area (Å²) < 4.78 is 33.7. The maximum atomic E-state index is 12.6. The quantitative estimate of drug-likeness (QED) is 0.0552. The largest absolute Gasteiger partial charge is 0.477 e. The van der Waals surface area contributed by atoms with Gasteiger partial charge in [-0.25, -0.2) is 4.79 Å². The summed E-state index contributed by atoms with van der Waals surface area (Å²) in [4.78, 5) is 24.4. The zero-order valence-electron chi connectivity index (χ0n) is 28.6. The van der Waals surface area contributed by atoms with Crippen LogP contribution in [0, 0.1) is 0 Å². The molecule has 298 valence electrons. The molecule has 0 unspecified atom stereocenters. The molecule has 0 aromatic rings. The Morgan fingerprint density at radius 2 is 1.41 bits per heavy atom. The van der Waals surface area contributed by atoms with E-state index >= 15 is 0 Å². The highest BCUT2D eigenvalue weighted by molar-refractivity contribution is 5.76. The van der Waals surface area contributed by atoms with Gasteiger partial charge in [0.1, 0.15) is 67.1 Å². The fourth-order valence-electron chi connectivity index (χ4n) is 6.37. The fourth-order valence-corrected chi connectivity index (χ4v) is 6.37. The number of rotatable bonds is 19. The maximum absolute atomic E-state index is 12.6. The van der Waals surface area contributed by atoms with Crippen molar-refractivity contribution in [3.05, 3.63) is 0 Å². The number of carbonyl (C=O) groups is 2. The molecule has 0 radical (unpaired) electrons. The number of aliphatic hydroxyl groups excluding tert-OH is 10. The average Bonchev–Trinajstić information content (AvgIpc) is 3.10. The van der Waals surface area contributed by atoms with E-state index in [0.717, 1.165) is 39.0 Å². The molecule has 20 heteroatoms. The van der Waals surface area contributed by atoms with Crippen LogP contribution in [0.15, 0.2) is 0 Å². The van der Waals surface area contributed by atoms with Crippen LogP contribution in [0.2, 0.25) is 0 Å². The zero-order valence-corrected chi connectivity index (χ0v) is 28.6. The average molecular weight is 746 g/mol. The van der Waals surface area contributed by atoms with E-state index < -0.39 is 136 Å². The van der Waals surface area contributed by atoms with Gasteiger partial charge in [-0.05, 0) is 6.42 Å². The van der Waals surface area contributed by atoms with Crippen molar-refractivity contribution >= 4 is 11.9 Å². The molecule has 0 aromatic heterocycles. The molecule has 3 aliphatic heterocycles. The normalized spacial score (nSPS) is 40.0. The number of ether oxygens (including phenoxy) is 6. The highest BCUT2D eigenvalue weighted by Crippen LogP contribution is 2.38. The number of carboxylic acid groups (broad SMARTS) is 1. The van der Waals surface area contributed by atoms with Gasteiger partial charge in [0.25, 0.3) is 5.79 Å². The van der Waals surface area contributed by atoms with Crippen molar-refractivity contribution in [2.45, 2.75) is 156 Å². The molecule has 3 rings (SSSR count). The van der Waals surface area contributed by atoms with Crippen LogP contribution < -0.4 is 5.32 Å². The number of amides is 1. The molecule has 0 spiro atoms. The summed E-state index contributed by atoms with van der Waals surface area (Å²) >= 11 is 0. The van der Waals surface area contributed by atoms with Crippen LogP contribution in [0.4, 0.5) is 0 Å². The van der Waals surface area contributed by atoms with E-state index in [1.807, 2.05) is 0 Å². The summed E-state index contributed by atoms with van der Waals surface area (Å²) in [5, 5.41) is 117. The van der Waals surface area contributed by atoms with E-state index in [0.29, 0.717) is 6.42 Å². The molecule has 1 amide bonds. The Labute approximate surface area is 294 Å². The Balaban J connectivity index is 1.75. The van der Waals surface area contributed by atoms with E-state index in [1.165, 1.54) is 0 Å². The zero-order chi connectivity index (χ0) is 38.0. The van der Waals surface area contributed by atoms with Gasteiger partial charge < -0.3 is 89.9 Å². The molecule has 12 N–H and O–H groups in total. The first-order valence-electron chi connectivity index (χ1n) is 17.2. The molecule has 0 bridgehead atoms. The Morgan fingerprint density at radius 1 is 0.843 bits per heavy atom. The van der Waals surface area contributed by atoms with Crippen LogP contribution in [-0.2, 0) is 38.0 Å². The number of unbranched alkanes of at least 4 members (excludes halogenated alkanes) is 5. The molecule has 0 aromatic carbocycles. The SMILES string of the molecule is CCCCCCCCO[C@@H]1O[C@H](CO)[C@@H](O[C@@H]2O[C@H](CO)[C@H](O[C@]3(C(=O)O)C[C@H](O)[C@@H](NC(C)=O)[C@H]([C@H](O)[C@H](O)CO)O3)[C@H](O)[C@H]2O)[C@H](O)[C@H]1O. The predicted molar refractivity (Wildman–Crippen MR) is 167 cm³/mol. The standard InChI is InChI=1S/C31H55NO19/c1-3-4-5-6-7-8-9-46-28-23(42)21(40)25(17(12-34)47-28)49-29-24(43)22(41)26(18(13-35)48-29)50-31(30(44)45)10-15(37)19(32-14(2)36)27(51-31)20(39)16(38)11-33/h15-29,33-35,37-43H,3-13H2,1-2H3,(H,32,36)(H,44,45)/t15-,16+,17+,18+,19+,20+,21+,22+,23+,24+,25+,26-,27+,28+,29-,31+/m0/s1. The minimum absolute atomic E-state index is 0.203. The third-order valence-electron chi connectivity index (χ3n) is 9.23. The van der Waals surface area contributed by atoms with Crippen molar-refractivity contribution in [2.24, 2.45) is 0 Å². The maximum Gasteiger partial charge on any atom is 0.364 e. The molecule has 51 heavy (non-hydrogen) atoms. The second-order valence-corrected chi connectivity index (χ2v) is 13.1. The lowest BCUT2D eigenvalue weighted by Crippen LogP contribution is -2.70. The Morgan fingerprint density at radius 3 is 2.00 bits per heavy atom. The van der Waals surface area contributed by atoms with E-state index in [1.54, 1.807) is 0 Å². The molecule has 20 nitrogen and oxygen atoms in total. The van der Waals surface area contributed by atoms with E-state index in [-0.39, 0.29) is 6.61 Å². The molecule has 3 aliphatic rings. The van der Waals surface area contributed by atoms with Gasteiger partial charge >= 0.3 is 5.97 Å². The third-order valence-corrected chi connectivity index (χ3v) is 9.23. The summed E-state index contributed by atoms with van der Waals surface area (Å²) in [5.41, 5.74) is 0. The molecule has 16 atom stereocenters. The van der Waals surface area contributed by atoms with Crippen LogP contribution in [0.1, 0.15) is 58.8 Å². The van der Waals surface area contributed by atoms with E-state index in [9.17, 15) is 65.8 Å². The van der Waals surface area contributed by atoms with Crippen LogP contribution in [-0.4, -0.2) is 192 Å². The molecular weight excluding hydrogens is 690 g/mol. The van der Waals surface area contributed by atoms with Crippen LogP contribution in [0.5, 0.6) is 0 Å². The van der Waals surface area contributed by atoms with Crippen molar-refractivity contribution in [1.82, 2.24) is 5.32 Å². The van der Waals surface area contributed by atoms with Crippen LogP contribution in [0.3, 0.4) is 0 Å². The van der Waals surface area contributed by atoms with Gasteiger partial charge in [0, 0.05) is 20.0 Å². The molecule has 0 aliphatic carbocycles. The lowest BCUT2D eigenvalue weighted by Gasteiger charge is -2.50. The number of aliphatic carboxylic acids is 1. The van der Waals surface area contributed by atoms with Crippen LogP contribution in [0.25, 0.3) is 0 Å². The van der Waals surface area contributed by atoms with Gasteiger partial charge in [-0.2, -0.15) is 0 Å². The number of hydrogen-bond donors (Lipinski definition) is 12. The topological polar surface area (TPSA) is 324 Å². The van der Waals surface area contributed by atoms with Gasteiger partial charge in [0.15, 0.2) is 12.6 Å². The van der Waals surface area contributed by atoms with Crippen molar-refractivity contribution in [3.63, 3.8) is 0 Å². The monoisotopic (exact) mass is 745 g/mol. The lowest BCUT2D eigenvalue weighted by atomic mass is 9.88. The van der Waals surface area contributed by atoms with Crippen molar-refractivity contribution in [3.8, 4) is 0 Å². The second kappa shape index (κ2) is 20.1. The number of nitrogens with one attached hydrogen (secondary N) is 1. The summed E-state index contributed by atoms with van der Waals surface area (Å²) in [6.45, 7) is 0.591.